The first-order chi connectivity index (χ1) is 8.53. The minimum atomic E-state index is -0.673. The molecule has 0 aliphatic rings. The Labute approximate surface area is 106 Å². The normalized spacial score (nSPS) is 12.0. The Morgan fingerprint density at radius 2 is 2.17 bits per heavy atom. The second-order valence-electron chi connectivity index (χ2n) is 3.91. The van der Waals surface area contributed by atoms with Gasteiger partial charge in [-0.1, -0.05) is 6.92 Å². The number of aromatic nitrogens is 2. The van der Waals surface area contributed by atoms with Crippen LogP contribution >= 0.6 is 0 Å². The summed E-state index contributed by atoms with van der Waals surface area (Å²) >= 11 is 0. The number of amides is 1. The van der Waals surface area contributed by atoms with Crippen molar-refractivity contribution in [3.05, 3.63) is 17.5 Å². The molecule has 18 heavy (non-hydrogen) atoms. The van der Waals surface area contributed by atoms with E-state index in [0.29, 0.717) is 12.2 Å². The van der Waals surface area contributed by atoms with Gasteiger partial charge in [0.2, 0.25) is 0 Å². The lowest BCUT2D eigenvalue weighted by Crippen LogP contribution is -2.40. The number of nitrogens with zero attached hydrogens (tertiary/aromatic N) is 2. The largest absolute Gasteiger partial charge is 0.467 e. The summed E-state index contributed by atoms with van der Waals surface area (Å²) in [4.78, 5) is 23.2. The number of rotatable bonds is 5. The van der Waals surface area contributed by atoms with E-state index >= 15 is 0 Å². The predicted octanol–water partition coefficient (Wildman–Crippen LogP) is 0.757. The van der Waals surface area contributed by atoms with Crippen LogP contribution < -0.4 is 5.32 Å². The molecule has 0 aromatic carbocycles. The number of nitrogens with one attached hydrogen (secondary N) is 1. The monoisotopic (exact) mass is 253 g/mol. The number of ether oxygens (including phenoxy) is 1. The summed E-state index contributed by atoms with van der Waals surface area (Å²) in [5, 5.41) is 6.86. The Kier molecular flexibility index (Phi) is 4.88. The van der Waals surface area contributed by atoms with Gasteiger partial charge in [-0.2, -0.15) is 5.10 Å². The van der Waals surface area contributed by atoms with Crippen molar-refractivity contribution >= 4 is 11.9 Å². The third-order valence-electron chi connectivity index (χ3n) is 2.63. The summed E-state index contributed by atoms with van der Waals surface area (Å²) in [6.45, 7) is 6.07. The van der Waals surface area contributed by atoms with Gasteiger partial charge in [-0.3, -0.25) is 9.48 Å². The topological polar surface area (TPSA) is 73.2 Å². The Balaban J connectivity index is 2.83. The number of hydrogen-bond donors (Lipinski definition) is 1. The first-order valence-corrected chi connectivity index (χ1v) is 5.98. The van der Waals surface area contributed by atoms with Crippen LogP contribution in [0.1, 0.15) is 37.0 Å². The molecule has 0 spiro atoms. The van der Waals surface area contributed by atoms with Crippen LogP contribution in [0.2, 0.25) is 0 Å². The lowest BCUT2D eigenvalue weighted by atomic mass is 10.2. The van der Waals surface area contributed by atoms with Crippen molar-refractivity contribution in [3.63, 3.8) is 0 Å². The van der Waals surface area contributed by atoms with E-state index in [-0.39, 0.29) is 5.91 Å². The molecule has 0 aliphatic carbocycles. The summed E-state index contributed by atoms with van der Waals surface area (Å²) in [5.74, 6) is -0.788. The van der Waals surface area contributed by atoms with Crippen LogP contribution in [-0.2, 0) is 22.5 Å². The van der Waals surface area contributed by atoms with Crippen molar-refractivity contribution in [1.82, 2.24) is 15.1 Å². The molecule has 0 fully saturated rings. The maximum Gasteiger partial charge on any atom is 0.328 e. The van der Waals surface area contributed by atoms with Crippen molar-refractivity contribution in [2.75, 3.05) is 7.11 Å². The second-order valence-corrected chi connectivity index (χ2v) is 3.91. The maximum absolute atomic E-state index is 12.0. The number of hydrogen-bond acceptors (Lipinski definition) is 4. The molecule has 1 N–H and O–H groups in total. The lowest BCUT2D eigenvalue weighted by Gasteiger charge is -2.11. The molecule has 1 unspecified atom stereocenters. The van der Waals surface area contributed by atoms with Crippen molar-refractivity contribution in [2.24, 2.45) is 0 Å². The second kappa shape index (κ2) is 6.18. The van der Waals surface area contributed by atoms with Gasteiger partial charge in [-0.25, -0.2) is 4.79 Å². The van der Waals surface area contributed by atoms with E-state index in [1.807, 2.05) is 13.8 Å². The highest BCUT2D eigenvalue weighted by molar-refractivity contribution is 5.95. The van der Waals surface area contributed by atoms with Crippen molar-refractivity contribution in [1.29, 1.82) is 0 Å². The lowest BCUT2D eigenvalue weighted by molar-refractivity contribution is -0.142. The van der Waals surface area contributed by atoms with Gasteiger partial charge < -0.3 is 10.1 Å². The van der Waals surface area contributed by atoms with Gasteiger partial charge >= 0.3 is 5.97 Å². The Hall–Kier alpha value is -1.85. The quantitative estimate of drug-likeness (QED) is 0.786. The summed E-state index contributed by atoms with van der Waals surface area (Å²) < 4.78 is 6.18. The highest BCUT2D eigenvalue weighted by Gasteiger charge is 2.20. The van der Waals surface area contributed by atoms with Gasteiger partial charge in [0, 0.05) is 6.54 Å². The summed E-state index contributed by atoms with van der Waals surface area (Å²) in [7, 11) is 1.29. The molecule has 1 rings (SSSR count). The first-order valence-electron chi connectivity index (χ1n) is 5.98. The SMILES string of the molecule is CCc1cc(C(=O)NC(C)C(=O)OC)n(CC)n1. The van der Waals surface area contributed by atoms with E-state index in [4.69, 9.17) is 0 Å². The molecule has 1 aromatic rings. The summed E-state index contributed by atoms with van der Waals surface area (Å²) in [6.07, 6.45) is 0.764. The molecule has 0 radical (unpaired) electrons. The van der Waals surface area contributed by atoms with Gasteiger partial charge in [-0.05, 0) is 26.3 Å². The van der Waals surface area contributed by atoms with Crippen LogP contribution in [-0.4, -0.2) is 34.8 Å². The zero-order chi connectivity index (χ0) is 13.7. The molecule has 1 aromatic heterocycles. The van der Waals surface area contributed by atoms with Gasteiger partial charge in [0.15, 0.2) is 0 Å². The fourth-order valence-electron chi connectivity index (χ4n) is 1.57. The van der Waals surface area contributed by atoms with Crippen molar-refractivity contribution < 1.29 is 14.3 Å². The maximum atomic E-state index is 12.0. The van der Waals surface area contributed by atoms with E-state index in [1.54, 1.807) is 17.7 Å². The molecule has 100 valence electrons. The molecule has 1 atom stereocenters. The zero-order valence-electron chi connectivity index (χ0n) is 11.2. The van der Waals surface area contributed by atoms with Crippen LogP contribution in [0, 0.1) is 0 Å². The van der Waals surface area contributed by atoms with Crippen LogP contribution in [0.5, 0.6) is 0 Å². The highest BCUT2D eigenvalue weighted by Crippen LogP contribution is 2.06. The van der Waals surface area contributed by atoms with E-state index in [1.165, 1.54) is 7.11 Å². The average molecular weight is 253 g/mol. The highest BCUT2D eigenvalue weighted by atomic mass is 16.5. The van der Waals surface area contributed by atoms with Crippen LogP contribution in [0.3, 0.4) is 0 Å². The third kappa shape index (κ3) is 3.09. The van der Waals surface area contributed by atoms with Gasteiger partial charge in [-0.15, -0.1) is 0 Å². The van der Waals surface area contributed by atoms with Gasteiger partial charge in [0.1, 0.15) is 11.7 Å². The zero-order valence-corrected chi connectivity index (χ0v) is 11.2. The van der Waals surface area contributed by atoms with Gasteiger partial charge in [0.25, 0.3) is 5.91 Å². The summed E-state index contributed by atoms with van der Waals surface area (Å²) in [5.41, 5.74) is 1.32. The molecule has 0 saturated carbocycles. The predicted molar refractivity (Wildman–Crippen MR) is 66.2 cm³/mol. The summed E-state index contributed by atoms with van der Waals surface area (Å²) in [6, 6.07) is 1.07. The Morgan fingerprint density at radius 3 is 2.67 bits per heavy atom. The van der Waals surface area contributed by atoms with E-state index < -0.39 is 12.0 Å². The van der Waals surface area contributed by atoms with Crippen LogP contribution in [0.4, 0.5) is 0 Å². The molecular weight excluding hydrogens is 234 g/mol. The van der Waals surface area contributed by atoms with E-state index in [2.05, 4.69) is 15.2 Å². The van der Waals surface area contributed by atoms with Crippen LogP contribution in [0.25, 0.3) is 0 Å². The number of carbonyl (C=O) groups is 2. The van der Waals surface area contributed by atoms with Crippen molar-refractivity contribution in [3.8, 4) is 0 Å². The number of carbonyl (C=O) groups excluding carboxylic acids is 2. The third-order valence-corrected chi connectivity index (χ3v) is 2.63. The first kappa shape index (κ1) is 14.2. The fraction of sp³-hybridized carbons (Fsp3) is 0.583. The molecule has 0 saturated heterocycles. The molecule has 6 nitrogen and oxygen atoms in total. The molecule has 0 aliphatic heterocycles. The smallest absolute Gasteiger partial charge is 0.328 e. The molecule has 1 amide bonds. The average Bonchev–Trinajstić information content (AvgIpc) is 2.80. The van der Waals surface area contributed by atoms with Gasteiger partial charge in [0.05, 0.1) is 12.8 Å². The molecule has 0 bridgehead atoms. The molecule has 1 heterocycles. The standard InChI is InChI=1S/C12H19N3O3/c1-5-9-7-10(15(6-2)14-9)11(16)13-8(3)12(17)18-4/h7-8H,5-6H2,1-4H3,(H,13,16). The number of esters is 1. The molecular formula is C12H19N3O3. The van der Waals surface area contributed by atoms with Crippen molar-refractivity contribution in [2.45, 2.75) is 39.8 Å². The number of aryl methyl sites for hydroxylation is 2. The Bertz CT molecular complexity index is 440. The van der Waals surface area contributed by atoms with E-state index in [9.17, 15) is 9.59 Å². The minimum absolute atomic E-state index is 0.318. The Morgan fingerprint density at radius 1 is 1.50 bits per heavy atom. The number of methoxy groups -OCH3 is 1. The van der Waals surface area contributed by atoms with E-state index in [0.717, 1.165) is 12.1 Å². The minimum Gasteiger partial charge on any atom is -0.467 e. The van der Waals surface area contributed by atoms with Crippen LogP contribution in [0.15, 0.2) is 6.07 Å². The fourth-order valence-corrected chi connectivity index (χ4v) is 1.57. The molecule has 6 heteroatoms.